The van der Waals surface area contributed by atoms with E-state index in [-0.39, 0.29) is 10.8 Å². The predicted octanol–water partition coefficient (Wildman–Crippen LogP) is 5.35. The number of aryl methyl sites for hydroxylation is 3. The van der Waals surface area contributed by atoms with Gasteiger partial charge < -0.3 is 4.90 Å². The fourth-order valence-electron chi connectivity index (χ4n) is 3.72. The Kier molecular flexibility index (Phi) is 5.77. The van der Waals surface area contributed by atoms with Gasteiger partial charge in [-0.2, -0.15) is 0 Å². The SMILES string of the molecule is Cc1ccc(NS(=O)(=O)c2ccc3c(c2)CCCN3C(=O)c2ccc(Cl)cc2)cc1C. The molecule has 0 unspecified atom stereocenters. The number of benzene rings is 3. The van der Waals surface area contributed by atoms with Gasteiger partial charge in [0.1, 0.15) is 0 Å². The highest BCUT2D eigenvalue weighted by Gasteiger charge is 2.25. The Morgan fingerprint density at radius 2 is 1.71 bits per heavy atom. The maximum Gasteiger partial charge on any atom is 0.261 e. The summed E-state index contributed by atoms with van der Waals surface area (Å²) in [4.78, 5) is 14.9. The van der Waals surface area contributed by atoms with Crippen molar-refractivity contribution >= 4 is 38.9 Å². The average molecular weight is 455 g/mol. The van der Waals surface area contributed by atoms with Gasteiger partial charge in [0.25, 0.3) is 15.9 Å². The highest BCUT2D eigenvalue weighted by molar-refractivity contribution is 7.92. The van der Waals surface area contributed by atoms with Crippen molar-refractivity contribution in [3.63, 3.8) is 0 Å². The number of sulfonamides is 1. The molecule has 0 saturated carbocycles. The van der Waals surface area contributed by atoms with E-state index in [1.54, 1.807) is 53.4 Å². The van der Waals surface area contributed by atoms with Gasteiger partial charge in [-0.1, -0.05) is 17.7 Å². The number of hydrogen-bond acceptors (Lipinski definition) is 3. The van der Waals surface area contributed by atoms with Crippen LogP contribution in [0.1, 0.15) is 33.5 Å². The quantitative estimate of drug-likeness (QED) is 0.577. The second-order valence-corrected chi connectivity index (χ2v) is 9.88. The van der Waals surface area contributed by atoms with Crippen LogP contribution in [0.2, 0.25) is 5.02 Å². The fraction of sp³-hybridized carbons (Fsp3) is 0.208. The van der Waals surface area contributed by atoms with Crippen molar-refractivity contribution in [3.8, 4) is 0 Å². The summed E-state index contributed by atoms with van der Waals surface area (Å²) < 4.78 is 28.6. The first-order valence-corrected chi connectivity index (χ1v) is 11.9. The van der Waals surface area contributed by atoms with E-state index < -0.39 is 10.0 Å². The van der Waals surface area contributed by atoms with E-state index in [4.69, 9.17) is 11.6 Å². The van der Waals surface area contributed by atoms with Crippen LogP contribution in [0.5, 0.6) is 0 Å². The number of rotatable bonds is 4. The normalized spacial score (nSPS) is 13.6. The summed E-state index contributed by atoms with van der Waals surface area (Å²) in [6, 6.07) is 17.2. The molecule has 1 aliphatic heterocycles. The van der Waals surface area contributed by atoms with Crippen LogP contribution >= 0.6 is 11.6 Å². The first-order valence-electron chi connectivity index (χ1n) is 10.0. The van der Waals surface area contributed by atoms with Gasteiger partial charge >= 0.3 is 0 Å². The molecule has 0 saturated heterocycles. The van der Waals surface area contributed by atoms with Gasteiger partial charge in [-0.3, -0.25) is 9.52 Å². The average Bonchev–Trinajstić information content (AvgIpc) is 2.75. The number of anilines is 2. The van der Waals surface area contributed by atoms with E-state index in [1.807, 2.05) is 26.0 Å². The molecule has 1 N–H and O–H groups in total. The van der Waals surface area contributed by atoms with Gasteiger partial charge in [0.2, 0.25) is 0 Å². The molecular weight excluding hydrogens is 432 g/mol. The summed E-state index contributed by atoms with van der Waals surface area (Å²) in [5.41, 5.74) is 4.78. The van der Waals surface area contributed by atoms with Crippen LogP contribution in [-0.4, -0.2) is 20.9 Å². The molecule has 31 heavy (non-hydrogen) atoms. The number of nitrogens with one attached hydrogen (secondary N) is 1. The molecule has 7 heteroatoms. The lowest BCUT2D eigenvalue weighted by Crippen LogP contribution is -2.35. The van der Waals surface area contributed by atoms with Gasteiger partial charge in [0, 0.05) is 28.5 Å². The number of hydrogen-bond donors (Lipinski definition) is 1. The molecule has 0 radical (unpaired) electrons. The standard InChI is InChI=1S/C24H23ClN2O3S/c1-16-5-10-21(14-17(16)2)26-31(29,30)22-11-12-23-19(15-22)4-3-13-27(23)24(28)18-6-8-20(25)9-7-18/h5-12,14-15,26H,3-4,13H2,1-2H3. The topological polar surface area (TPSA) is 66.5 Å². The van der Waals surface area contributed by atoms with Crippen molar-refractivity contribution in [1.82, 2.24) is 0 Å². The third-order valence-corrected chi connectivity index (χ3v) is 7.21. The minimum absolute atomic E-state index is 0.124. The van der Waals surface area contributed by atoms with Gasteiger partial charge in [0.05, 0.1) is 4.90 Å². The summed E-state index contributed by atoms with van der Waals surface area (Å²) in [6.45, 7) is 4.51. The summed E-state index contributed by atoms with van der Waals surface area (Å²) in [5, 5.41) is 0.571. The third kappa shape index (κ3) is 4.45. The summed E-state index contributed by atoms with van der Waals surface area (Å²) in [6.07, 6.45) is 1.48. The molecule has 3 aromatic carbocycles. The number of amides is 1. The largest absolute Gasteiger partial charge is 0.308 e. The van der Waals surface area contributed by atoms with Crippen molar-refractivity contribution in [3.05, 3.63) is 87.9 Å². The Morgan fingerprint density at radius 3 is 2.42 bits per heavy atom. The molecular formula is C24H23ClN2O3S. The van der Waals surface area contributed by atoms with Crippen molar-refractivity contribution in [2.24, 2.45) is 0 Å². The Bertz CT molecular complexity index is 1250. The molecule has 0 spiro atoms. The van der Waals surface area contributed by atoms with E-state index in [0.29, 0.717) is 29.2 Å². The number of fused-ring (bicyclic) bond motifs is 1. The molecule has 160 valence electrons. The highest BCUT2D eigenvalue weighted by Crippen LogP contribution is 2.31. The van der Waals surface area contributed by atoms with E-state index in [1.165, 1.54) is 0 Å². The molecule has 0 aliphatic carbocycles. The van der Waals surface area contributed by atoms with Gasteiger partial charge in [0.15, 0.2) is 0 Å². The van der Waals surface area contributed by atoms with Crippen LogP contribution in [-0.2, 0) is 16.4 Å². The molecule has 3 aromatic rings. The third-order valence-electron chi connectivity index (χ3n) is 5.58. The van der Waals surface area contributed by atoms with Crippen LogP contribution in [0, 0.1) is 13.8 Å². The Labute approximate surface area is 187 Å². The minimum atomic E-state index is -3.74. The molecule has 0 aromatic heterocycles. The fourth-order valence-corrected chi connectivity index (χ4v) is 4.94. The zero-order chi connectivity index (χ0) is 22.2. The zero-order valence-electron chi connectivity index (χ0n) is 17.4. The van der Waals surface area contributed by atoms with E-state index in [9.17, 15) is 13.2 Å². The maximum atomic E-state index is 13.0. The molecule has 5 nitrogen and oxygen atoms in total. The highest BCUT2D eigenvalue weighted by atomic mass is 35.5. The lowest BCUT2D eigenvalue weighted by atomic mass is 10.0. The van der Waals surface area contributed by atoms with Crippen LogP contribution in [0.25, 0.3) is 0 Å². The Hall–Kier alpha value is -2.83. The van der Waals surface area contributed by atoms with Crippen LogP contribution < -0.4 is 9.62 Å². The number of carbonyl (C=O) groups is 1. The second kappa shape index (κ2) is 8.36. The van der Waals surface area contributed by atoms with E-state index in [0.717, 1.165) is 28.8 Å². The second-order valence-electron chi connectivity index (χ2n) is 7.76. The smallest absolute Gasteiger partial charge is 0.261 e. The summed E-state index contributed by atoms with van der Waals surface area (Å²) >= 11 is 5.93. The molecule has 4 rings (SSSR count). The number of carbonyl (C=O) groups excluding carboxylic acids is 1. The summed E-state index contributed by atoms with van der Waals surface area (Å²) in [5.74, 6) is -0.124. The first-order chi connectivity index (χ1) is 14.7. The van der Waals surface area contributed by atoms with Gasteiger partial charge in [-0.15, -0.1) is 0 Å². The lowest BCUT2D eigenvalue weighted by Gasteiger charge is -2.30. The zero-order valence-corrected chi connectivity index (χ0v) is 18.9. The molecule has 0 atom stereocenters. The molecule has 0 bridgehead atoms. The van der Waals surface area contributed by atoms with E-state index in [2.05, 4.69) is 4.72 Å². The molecule has 1 heterocycles. The van der Waals surface area contributed by atoms with Crippen molar-refractivity contribution in [2.45, 2.75) is 31.6 Å². The maximum absolute atomic E-state index is 13.0. The lowest BCUT2D eigenvalue weighted by molar-refractivity contribution is 0.0985. The monoisotopic (exact) mass is 454 g/mol. The Balaban J connectivity index is 1.62. The van der Waals surface area contributed by atoms with Crippen molar-refractivity contribution in [2.75, 3.05) is 16.2 Å². The molecule has 0 fully saturated rings. The predicted molar refractivity (Wildman–Crippen MR) is 125 cm³/mol. The number of nitrogens with zero attached hydrogens (tertiary/aromatic N) is 1. The summed E-state index contributed by atoms with van der Waals surface area (Å²) in [7, 11) is -3.74. The van der Waals surface area contributed by atoms with Crippen LogP contribution in [0.3, 0.4) is 0 Å². The van der Waals surface area contributed by atoms with Gasteiger partial charge in [-0.25, -0.2) is 8.42 Å². The minimum Gasteiger partial charge on any atom is -0.308 e. The van der Waals surface area contributed by atoms with Crippen molar-refractivity contribution in [1.29, 1.82) is 0 Å². The van der Waals surface area contributed by atoms with E-state index >= 15 is 0 Å². The number of halogens is 1. The van der Waals surface area contributed by atoms with Crippen molar-refractivity contribution < 1.29 is 13.2 Å². The van der Waals surface area contributed by atoms with Crippen LogP contribution in [0.15, 0.2) is 65.6 Å². The first kappa shape index (κ1) is 21.4. The van der Waals surface area contributed by atoms with Crippen LogP contribution in [0.4, 0.5) is 11.4 Å². The Morgan fingerprint density at radius 1 is 0.968 bits per heavy atom. The molecule has 1 amide bonds. The van der Waals surface area contributed by atoms with Gasteiger partial charge in [-0.05, 0) is 98.0 Å². The molecule has 1 aliphatic rings.